The van der Waals surface area contributed by atoms with Crippen molar-refractivity contribution in [3.8, 4) is 5.75 Å². The Morgan fingerprint density at radius 1 is 1.42 bits per heavy atom. The Hall–Kier alpha value is -3.12. The van der Waals surface area contributed by atoms with Crippen molar-refractivity contribution in [1.29, 1.82) is 0 Å². The van der Waals surface area contributed by atoms with Crippen LogP contribution in [0.15, 0.2) is 40.8 Å². The fourth-order valence-corrected chi connectivity index (χ4v) is 3.49. The summed E-state index contributed by atoms with van der Waals surface area (Å²) in [5, 5.41) is 22.2. The second kappa shape index (κ2) is 10.3. The molecule has 31 heavy (non-hydrogen) atoms. The molecular weight excluding hydrogens is 426 g/mol. The number of nitrogens with two attached hydrogens (primary N) is 1. The number of hydrogen-bond acceptors (Lipinski definition) is 9. The molecule has 1 amide bonds. The summed E-state index contributed by atoms with van der Waals surface area (Å²) in [5.74, 6) is 3.09. The van der Waals surface area contributed by atoms with Crippen molar-refractivity contribution in [2.24, 2.45) is 16.8 Å². The second-order valence-electron chi connectivity index (χ2n) is 6.56. The van der Waals surface area contributed by atoms with E-state index in [1.54, 1.807) is 23.3 Å². The monoisotopic (exact) mass is 451 g/mol. The van der Waals surface area contributed by atoms with Gasteiger partial charge in [0.25, 0.3) is 11.8 Å². The van der Waals surface area contributed by atoms with Crippen LogP contribution in [0.3, 0.4) is 0 Å². The molecule has 1 aromatic carbocycles. The number of amides is 1. The van der Waals surface area contributed by atoms with Gasteiger partial charge in [0, 0.05) is 18.7 Å². The number of rotatable bonds is 9. The normalized spacial score (nSPS) is 17.1. The summed E-state index contributed by atoms with van der Waals surface area (Å²) in [4.78, 5) is 40.9. The van der Waals surface area contributed by atoms with E-state index in [0.717, 1.165) is 16.8 Å². The van der Waals surface area contributed by atoms with Gasteiger partial charge in [-0.25, -0.2) is 15.8 Å². The van der Waals surface area contributed by atoms with Crippen LogP contribution in [0, 0.1) is 16.0 Å². The van der Waals surface area contributed by atoms with Crippen molar-refractivity contribution in [2.45, 2.75) is 26.3 Å². The van der Waals surface area contributed by atoms with Crippen molar-refractivity contribution >= 4 is 29.4 Å². The molecule has 1 aliphatic heterocycles. The molecule has 1 heterocycles. The molecule has 1 aromatic rings. The van der Waals surface area contributed by atoms with Crippen LogP contribution in [0.5, 0.6) is 5.75 Å². The van der Waals surface area contributed by atoms with E-state index < -0.39 is 28.0 Å². The number of aliphatic imine (C=N–C) groups is 1. The van der Waals surface area contributed by atoms with Gasteiger partial charge in [0.05, 0.1) is 4.92 Å². The molecule has 0 fully saturated rings. The highest BCUT2D eigenvalue weighted by Gasteiger charge is 2.42. The lowest BCUT2D eigenvalue weighted by Gasteiger charge is -2.30. The van der Waals surface area contributed by atoms with E-state index in [9.17, 15) is 24.8 Å². The number of carbonyl (C=O) groups excluding carboxylic acids is 1. The second-order valence-corrected chi connectivity index (χ2v) is 7.45. The molecule has 0 radical (unpaired) electrons. The predicted octanol–water partition coefficient (Wildman–Crippen LogP) is 1.99. The summed E-state index contributed by atoms with van der Waals surface area (Å²) >= 11 is 1.16. The van der Waals surface area contributed by atoms with Crippen LogP contribution in [-0.4, -0.2) is 62.4 Å². The Kier molecular flexibility index (Phi) is 8.00. The minimum Gasteiger partial charge on any atom is -0.481 e. The molecule has 12 heteroatoms. The largest absolute Gasteiger partial charge is 0.481 e. The van der Waals surface area contributed by atoms with E-state index in [0.29, 0.717) is 18.7 Å². The summed E-state index contributed by atoms with van der Waals surface area (Å²) < 4.78 is 5.75. The van der Waals surface area contributed by atoms with Crippen molar-refractivity contribution in [3.05, 3.63) is 51.5 Å². The fraction of sp³-hybridized carbons (Fsp3) is 0.421. The van der Waals surface area contributed by atoms with Crippen LogP contribution in [0.4, 0.5) is 0 Å². The molecule has 0 spiro atoms. The smallest absolute Gasteiger partial charge is 0.352 e. The average molecular weight is 452 g/mol. The van der Waals surface area contributed by atoms with Crippen LogP contribution < -0.4 is 10.6 Å². The zero-order chi connectivity index (χ0) is 23.3. The van der Waals surface area contributed by atoms with Gasteiger partial charge in [-0.05, 0) is 45.2 Å². The number of carbonyl (C=O) groups is 2. The molecule has 0 aliphatic carbocycles. The summed E-state index contributed by atoms with van der Waals surface area (Å²) in [6.45, 7) is 6.07. The molecule has 1 aliphatic rings. The first-order valence-corrected chi connectivity index (χ1v) is 10.8. The van der Waals surface area contributed by atoms with E-state index in [-0.39, 0.29) is 23.3 Å². The maximum absolute atomic E-state index is 12.6. The zero-order valence-electron chi connectivity index (χ0n) is 17.6. The van der Waals surface area contributed by atoms with Crippen LogP contribution in [0.25, 0.3) is 0 Å². The van der Waals surface area contributed by atoms with Crippen LogP contribution in [0.1, 0.15) is 31.1 Å². The van der Waals surface area contributed by atoms with Crippen molar-refractivity contribution in [3.63, 3.8) is 0 Å². The van der Waals surface area contributed by atoms with Crippen molar-refractivity contribution < 1.29 is 24.4 Å². The first-order valence-electron chi connectivity index (χ1n) is 9.49. The van der Waals surface area contributed by atoms with Gasteiger partial charge in [-0.1, -0.05) is 6.07 Å². The third kappa shape index (κ3) is 5.14. The summed E-state index contributed by atoms with van der Waals surface area (Å²) in [6, 6.07) is 6.18. The highest BCUT2D eigenvalue weighted by Crippen LogP contribution is 2.30. The average Bonchev–Trinajstić information content (AvgIpc) is 2.75. The number of nitro groups is 1. The quantitative estimate of drug-likeness (QED) is 0.326. The molecule has 2 rings (SSSR count). The van der Waals surface area contributed by atoms with Gasteiger partial charge in [-0.3, -0.25) is 19.7 Å². The Morgan fingerprint density at radius 3 is 2.58 bits per heavy atom. The SMILES string of the molecule is CCN(CC)C(=O)c1cccc(OC2=C([N+](=O)[O-])C(C(C)C(=O)O)=NC(SC)N2N)c1. The van der Waals surface area contributed by atoms with Gasteiger partial charge in [-0.2, -0.15) is 0 Å². The minimum atomic E-state index is -1.27. The highest BCUT2D eigenvalue weighted by atomic mass is 32.2. The molecule has 0 aromatic heterocycles. The maximum Gasteiger partial charge on any atom is 0.352 e. The third-order valence-electron chi connectivity index (χ3n) is 4.69. The molecule has 168 valence electrons. The highest BCUT2D eigenvalue weighted by molar-refractivity contribution is 7.99. The lowest BCUT2D eigenvalue weighted by molar-refractivity contribution is -0.420. The van der Waals surface area contributed by atoms with Crippen LogP contribution in [-0.2, 0) is 4.79 Å². The van der Waals surface area contributed by atoms with Crippen LogP contribution >= 0.6 is 11.8 Å². The van der Waals surface area contributed by atoms with E-state index in [1.165, 1.54) is 19.1 Å². The van der Waals surface area contributed by atoms with Crippen molar-refractivity contribution in [2.75, 3.05) is 19.3 Å². The van der Waals surface area contributed by atoms with E-state index >= 15 is 0 Å². The molecular formula is C19H25N5O6S. The number of benzene rings is 1. The van der Waals surface area contributed by atoms with Gasteiger partial charge in [0.2, 0.25) is 0 Å². The standard InChI is InChI=1S/C19H25N5O6S/c1-5-22(6-2)16(25)12-8-7-9-13(10-12)30-17-15(24(28)29)14(11(3)18(26)27)21-19(31-4)23(17)20/h7-11,19H,5-6,20H2,1-4H3,(H,26,27). The Bertz CT molecular complexity index is 930. The van der Waals surface area contributed by atoms with E-state index in [2.05, 4.69) is 4.99 Å². The molecule has 0 bridgehead atoms. The van der Waals surface area contributed by atoms with Gasteiger partial charge >= 0.3 is 11.7 Å². The summed E-state index contributed by atoms with van der Waals surface area (Å²) in [6.07, 6.45) is 1.68. The number of hydrogen-bond donors (Lipinski definition) is 2. The zero-order valence-corrected chi connectivity index (χ0v) is 18.5. The number of ether oxygens (including phenoxy) is 1. The Morgan fingerprint density at radius 2 is 2.06 bits per heavy atom. The lowest BCUT2D eigenvalue weighted by Crippen LogP contribution is -2.46. The molecule has 0 saturated heterocycles. The number of carboxylic acid groups (broad SMARTS) is 1. The summed E-state index contributed by atoms with van der Waals surface area (Å²) in [7, 11) is 0. The minimum absolute atomic E-state index is 0.145. The Balaban J connectivity index is 2.53. The number of carboxylic acids is 1. The maximum atomic E-state index is 12.6. The van der Waals surface area contributed by atoms with Gasteiger partial charge in [0.15, 0.2) is 5.50 Å². The predicted molar refractivity (Wildman–Crippen MR) is 116 cm³/mol. The molecule has 3 N–H and O–H groups in total. The molecule has 2 atom stereocenters. The number of hydrazine groups is 1. The number of allylic oxidation sites excluding steroid dienone is 1. The first-order chi connectivity index (χ1) is 14.7. The summed E-state index contributed by atoms with van der Waals surface area (Å²) in [5.41, 5.74) is -1.36. The lowest BCUT2D eigenvalue weighted by atomic mass is 10.0. The third-order valence-corrected chi connectivity index (χ3v) is 5.44. The van der Waals surface area contributed by atoms with Crippen LogP contribution in [0.2, 0.25) is 0 Å². The van der Waals surface area contributed by atoms with Gasteiger partial charge < -0.3 is 14.7 Å². The Labute approximate surface area is 183 Å². The van der Waals surface area contributed by atoms with E-state index in [1.807, 2.05) is 13.8 Å². The number of aliphatic carboxylic acids is 1. The molecule has 2 unspecified atom stereocenters. The van der Waals surface area contributed by atoms with E-state index in [4.69, 9.17) is 10.6 Å². The number of thioether (sulfide) groups is 1. The van der Waals surface area contributed by atoms with Gasteiger partial charge in [0.1, 0.15) is 17.4 Å². The first kappa shape index (κ1) is 24.2. The van der Waals surface area contributed by atoms with Gasteiger partial charge in [-0.15, -0.1) is 11.8 Å². The fourth-order valence-electron chi connectivity index (χ4n) is 2.94. The van der Waals surface area contributed by atoms with Crippen molar-refractivity contribution in [1.82, 2.24) is 9.91 Å². The molecule has 11 nitrogen and oxygen atoms in total. The topological polar surface area (TPSA) is 152 Å². The number of nitrogens with zero attached hydrogens (tertiary/aromatic N) is 4. The molecule has 0 saturated carbocycles.